The van der Waals surface area contributed by atoms with Gasteiger partial charge in [-0.05, 0) is 42.6 Å². The normalized spacial score (nSPS) is 29.9. The van der Waals surface area contributed by atoms with Crippen molar-refractivity contribution >= 4 is 5.91 Å². The van der Waals surface area contributed by atoms with Gasteiger partial charge in [0, 0.05) is 5.92 Å². The molecule has 19 heavy (non-hydrogen) atoms. The third-order valence-corrected chi connectivity index (χ3v) is 4.74. The van der Waals surface area contributed by atoms with Crippen LogP contribution < -0.4 is 5.32 Å². The summed E-state index contributed by atoms with van der Waals surface area (Å²) in [7, 11) is 0. The first-order chi connectivity index (χ1) is 9.15. The lowest BCUT2D eigenvalue weighted by Gasteiger charge is -2.25. The molecular weight excluding hydrogens is 234 g/mol. The van der Waals surface area contributed by atoms with Crippen LogP contribution in [0.1, 0.15) is 44.7 Å². The zero-order chi connectivity index (χ0) is 13.4. The molecule has 2 aliphatic carbocycles. The van der Waals surface area contributed by atoms with Crippen molar-refractivity contribution in [2.45, 2.75) is 39.2 Å². The first-order valence-corrected chi connectivity index (χ1v) is 7.50. The molecule has 102 valence electrons. The summed E-state index contributed by atoms with van der Waals surface area (Å²) in [6.07, 6.45) is 3.61. The highest BCUT2D eigenvalue weighted by Crippen LogP contribution is 2.54. The molecule has 0 aliphatic heterocycles. The summed E-state index contributed by atoms with van der Waals surface area (Å²) in [5.41, 5.74) is 1.22. The van der Waals surface area contributed by atoms with Gasteiger partial charge in [0.2, 0.25) is 5.91 Å². The Labute approximate surface area is 115 Å². The topological polar surface area (TPSA) is 29.1 Å². The molecule has 0 bridgehead atoms. The molecule has 3 unspecified atom stereocenters. The van der Waals surface area contributed by atoms with E-state index >= 15 is 0 Å². The Morgan fingerprint density at radius 3 is 2.32 bits per heavy atom. The minimum absolute atomic E-state index is 0.144. The Bertz CT molecular complexity index is 444. The molecule has 1 aromatic carbocycles. The van der Waals surface area contributed by atoms with Gasteiger partial charge >= 0.3 is 0 Å². The van der Waals surface area contributed by atoms with Crippen LogP contribution >= 0.6 is 0 Å². The number of fused-ring (bicyclic) bond motifs is 1. The van der Waals surface area contributed by atoms with Gasteiger partial charge in [0.05, 0.1) is 6.04 Å². The monoisotopic (exact) mass is 257 g/mol. The summed E-state index contributed by atoms with van der Waals surface area (Å²) in [5, 5.41) is 3.28. The lowest BCUT2D eigenvalue weighted by atomic mass is 9.94. The van der Waals surface area contributed by atoms with E-state index in [2.05, 4.69) is 31.3 Å². The van der Waals surface area contributed by atoms with Gasteiger partial charge in [-0.15, -0.1) is 0 Å². The molecule has 3 atom stereocenters. The second kappa shape index (κ2) is 4.99. The third kappa shape index (κ3) is 2.68. The second-order valence-electron chi connectivity index (χ2n) is 6.57. The van der Waals surface area contributed by atoms with E-state index in [1.807, 2.05) is 18.2 Å². The van der Waals surface area contributed by atoms with Crippen molar-refractivity contribution in [3.8, 4) is 0 Å². The van der Waals surface area contributed by atoms with Crippen LogP contribution in [0.3, 0.4) is 0 Å². The summed E-state index contributed by atoms with van der Waals surface area (Å²) >= 11 is 0. The van der Waals surface area contributed by atoms with E-state index < -0.39 is 0 Å². The van der Waals surface area contributed by atoms with Gasteiger partial charge in [0.25, 0.3) is 0 Å². The van der Waals surface area contributed by atoms with Gasteiger partial charge in [0.1, 0.15) is 0 Å². The molecule has 1 amide bonds. The van der Waals surface area contributed by atoms with Crippen molar-refractivity contribution in [3.05, 3.63) is 35.9 Å². The van der Waals surface area contributed by atoms with Gasteiger partial charge < -0.3 is 5.32 Å². The molecule has 0 saturated heterocycles. The van der Waals surface area contributed by atoms with E-state index in [9.17, 15) is 4.79 Å². The molecule has 2 aliphatic rings. The number of carbonyl (C=O) groups is 1. The van der Waals surface area contributed by atoms with Crippen molar-refractivity contribution in [2.24, 2.45) is 23.7 Å². The van der Waals surface area contributed by atoms with Gasteiger partial charge in [-0.1, -0.05) is 44.2 Å². The molecular formula is C17H23NO. The fourth-order valence-corrected chi connectivity index (χ4v) is 3.50. The van der Waals surface area contributed by atoms with Crippen molar-refractivity contribution in [2.75, 3.05) is 0 Å². The van der Waals surface area contributed by atoms with Crippen LogP contribution in [0.5, 0.6) is 0 Å². The Morgan fingerprint density at radius 1 is 1.11 bits per heavy atom. The number of hydrogen-bond acceptors (Lipinski definition) is 1. The maximum Gasteiger partial charge on any atom is 0.223 e. The number of benzene rings is 1. The fourth-order valence-electron chi connectivity index (χ4n) is 3.50. The van der Waals surface area contributed by atoms with E-state index in [0.717, 1.165) is 24.7 Å². The molecule has 0 heterocycles. The van der Waals surface area contributed by atoms with Crippen LogP contribution in [0.15, 0.2) is 30.3 Å². The third-order valence-electron chi connectivity index (χ3n) is 4.74. The molecule has 3 rings (SSSR count). The molecule has 0 spiro atoms. The van der Waals surface area contributed by atoms with Gasteiger partial charge in [0.15, 0.2) is 0 Å². The maximum absolute atomic E-state index is 12.4. The van der Waals surface area contributed by atoms with E-state index in [-0.39, 0.29) is 17.9 Å². The number of nitrogens with one attached hydrogen (secondary N) is 1. The Morgan fingerprint density at radius 2 is 1.74 bits per heavy atom. The molecule has 0 aromatic heterocycles. The number of rotatable bonds is 4. The quantitative estimate of drug-likeness (QED) is 0.878. The molecule has 2 fully saturated rings. The van der Waals surface area contributed by atoms with Crippen LogP contribution in [0, 0.1) is 23.7 Å². The molecule has 2 heteroatoms. The molecule has 2 nitrogen and oxygen atoms in total. The van der Waals surface area contributed by atoms with Gasteiger partial charge in [-0.25, -0.2) is 0 Å². The van der Waals surface area contributed by atoms with Gasteiger partial charge in [-0.2, -0.15) is 0 Å². The number of carbonyl (C=O) groups excluding carboxylic acids is 1. The molecule has 0 radical (unpaired) electrons. The average molecular weight is 257 g/mol. The van der Waals surface area contributed by atoms with Crippen LogP contribution in [0.4, 0.5) is 0 Å². The maximum atomic E-state index is 12.4. The summed E-state index contributed by atoms with van der Waals surface area (Å²) < 4.78 is 0. The van der Waals surface area contributed by atoms with E-state index in [0.29, 0.717) is 5.92 Å². The Balaban J connectivity index is 1.66. The fraction of sp³-hybridized carbons (Fsp3) is 0.588. The highest BCUT2D eigenvalue weighted by Gasteiger charge is 2.48. The van der Waals surface area contributed by atoms with Crippen molar-refractivity contribution in [1.29, 1.82) is 0 Å². The standard InChI is InChI=1S/C17H23NO/c1-11(2)16(12-6-4-3-5-7-12)18-17(19)15-9-13-8-14(13)10-15/h3-7,11,13-16H,8-10H2,1-2H3,(H,18,19). The Kier molecular flexibility index (Phi) is 3.34. The zero-order valence-corrected chi connectivity index (χ0v) is 11.8. The van der Waals surface area contributed by atoms with Crippen molar-refractivity contribution < 1.29 is 4.79 Å². The highest BCUT2D eigenvalue weighted by atomic mass is 16.2. The lowest BCUT2D eigenvalue weighted by Crippen LogP contribution is -2.35. The lowest BCUT2D eigenvalue weighted by molar-refractivity contribution is -0.126. The second-order valence-corrected chi connectivity index (χ2v) is 6.57. The summed E-state index contributed by atoms with van der Waals surface area (Å²) in [6, 6.07) is 10.5. The van der Waals surface area contributed by atoms with Crippen molar-refractivity contribution in [3.63, 3.8) is 0 Å². The van der Waals surface area contributed by atoms with Crippen LogP contribution in [-0.2, 0) is 4.79 Å². The smallest absolute Gasteiger partial charge is 0.223 e. The average Bonchev–Trinajstić information content (AvgIpc) is 3.03. The predicted octanol–water partition coefficient (Wildman–Crippen LogP) is 3.55. The van der Waals surface area contributed by atoms with Crippen LogP contribution in [0.2, 0.25) is 0 Å². The van der Waals surface area contributed by atoms with Crippen LogP contribution in [0.25, 0.3) is 0 Å². The van der Waals surface area contributed by atoms with E-state index in [1.54, 1.807) is 0 Å². The van der Waals surface area contributed by atoms with E-state index in [1.165, 1.54) is 12.0 Å². The Hall–Kier alpha value is -1.31. The van der Waals surface area contributed by atoms with Crippen molar-refractivity contribution in [1.82, 2.24) is 5.32 Å². The summed E-state index contributed by atoms with van der Waals surface area (Å²) in [4.78, 5) is 12.4. The predicted molar refractivity (Wildman–Crippen MR) is 76.5 cm³/mol. The first-order valence-electron chi connectivity index (χ1n) is 7.50. The first kappa shape index (κ1) is 12.7. The van der Waals surface area contributed by atoms with Gasteiger partial charge in [-0.3, -0.25) is 4.79 Å². The minimum atomic E-state index is 0.144. The van der Waals surface area contributed by atoms with Crippen LogP contribution in [-0.4, -0.2) is 5.91 Å². The molecule has 2 saturated carbocycles. The minimum Gasteiger partial charge on any atom is -0.349 e. The zero-order valence-electron chi connectivity index (χ0n) is 11.8. The molecule has 1 N–H and O–H groups in total. The summed E-state index contributed by atoms with van der Waals surface area (Å²) in [6.45, 7) is 4.34. The number of amides is 1. The largest absolute Gasteiger partial charge is 0.349 e. The molecule has 1 aromatic rings. The highest BCUT2D eigenvalue weighted by molar-refractivity contribution is 5.79. The number of hydrogen-bond donors (Lipinski definition) is 1. The summed E-state index contributed by atoms with van der Waals surface area (Å²) in [5.74, 6) is 2.70. The SMILES string of the molecule is CC(C)C(NC(=O)C1CC2CC2C1)c1ccccc1. The van der Waals surface area contributed by atoms with E-state index in [4.69, 9.17) is 0 Å².